The molecule has 0 amide bonds. The highest BCUT2D eigenvalue weighted by molar-refractivity contribution is 6.59. The van der Waals surface area contributed by atoms with E-state index in [1.807, 2.05) is 20.8 Å². The summed E-state index contributed by atoms with van der Waals surface area (Å²) < 4.78 is 16.2. The highest BCUT2D eigenvalue weighted by Gasteiger charge is 2.16. The topological polar surface area (TPSA) is 68.2 Å². The highest BCUT2D eigenvalue weighted by Crippen LogP contribution is 2.12. The minimum absolute atomic E-state index is 0.189. The van der Waals surface area contributed by atoms with Gasteiger partial charge in [0.1, 0.15) is 5.75 Å². The van der Waals surface area contributed by atoms with Gasteiger partial charge < -0.3 is 24.3 Å². The minimum Gasteiger partial charge on any atom is -0.497 e. The second kappa shape index (κ2) is 7.64. The third-order valence-electron chi connectivity index (χ3n) is 2.65. The molecule has 0 spiro atoms. The monoisotopic (exact) mass is 282 g/mol. The molecule has 2 N–H and O–H groups in total. The summed E-state index contributed by atoms with van der Waals surface area (Å²) in [4.78, 5) is 0. The Kier molecular flexibility index (Phi) is 6.49. The van der Waals surface area contributed by atoms with Gasteiger partial charge in [-0.2, -0.15) is 0 Å². The molecule has 0 saturated heterocycles. The molecule has 0 unspecified atom stereocenters. The van der Waals surface area contributed by atoms with E-state index in [4.69, 9.17) is 14.2 Å². The molecule has 0 aliphatic rings. The van der Waals surface area contributed by atoms with Crippen LogP contribution in [0, 0.1) is 0 Å². The van der Waals surface area contributed by atoms with Gasteiger partial charge in [0.25, 0.3) is 0 Å². The molecule has 0 aliphatic heterocycles. The molecular weight excluding hydrogens is 259 g/mol. The summed E-state index contributed by atoms with van der Waals surface area (Å²) in [5.74, 6) is 0.652. The van der Waals surface area contributed by atoms with Crippen molar-refractivity contribution < 1.29 is 24.3 Å². The van der Waals surface area contributed by atoms with E-state index < -0.39 is 7.12 Å². The van der Waals surface area contributed by atoms with Gasteiger partial charge >= 0.3 is 7.12 Å². The van der Waals surface area contributed by atoms with E-state index >= 15 is 0 Å². The lowest BCUT2D eigenvalue weighted by molar-refractivity contribution is -0.0376. The summed E-state index contributed by atoms with van der Waals surface area (Å²) in [7, 11) is 0.0389. The molecule has 0 atom stereocenters. The Morgan fingerprint density at radius 1 is 1.15 bits per heavy atom. The van der Waals surface area contributed by atoms with Crippen LogP contribution in [0.5, 0.6) is 5.75 Å². The number of methoxy groups -OCH3 is 1. The van der Waals surface area contributed by atoms with Crippen LogP contribution in [0.4, 0.5) is 0 Å². The van der Waals surface area contributed by atoms with E-state index in [0.29, 0.717) is 30.0 Å². The molecule has 6 heteroatoms. The van der Waals surface area contributed by atoms with Crippen LogP contribution < -0.4 is 10.2 Å². The molecule has 0 heterocycles. The minimum atomic E-state index is -1.52. The fraction of sp³-hybridized carbons (Fsp3) is 0.571. The van der Waals surface area contributed by atoms with Crippen molar-refractivity contribution in [1.82, 2.24) is 0 Å². The summed E-state index contributed by atoms with van der Waals surface area (Å²) in [5, 5.41) is 18.6. The predicted octanol–water partition coefficient (Wildman–Crippen LogP) is 0.707. The molecule has 1 aromatic carbocycles. The fourth-order valence-corrected chi connectivity index (χ4v) is 1.67. The van der Waals surface area contributed by atoms with Gasteiger partial charge in [-0.25, -0.2) is 0 Å². The largest absolute Gasteiger partial charge is 0.497 e. The van der Waals surface area contributed by atoms with E-state index in [0.717, 1.165) is 0 Å². The van der Waals surface area contributed by atoms with Crippen LogP contribution in [-0.4, -0.2) is 43.1 Å². The zero-order valence-electron chi connectivity index (χ0n) is 12.5. The summed E-state index contributed by atoms with van der Waals surface area (Å²) in [6.45, 7) is 7.15. The number of hydrogen-bond donors (Lipinski definition) is 2. The molecule has 5 nitrogen and oxygen atoms in total. The Morgan fingerprint density at radius 2 is 1.85 bits per heavy atom. The van der Waals surface area contributed by atoms with Crippen molar-refractivity contribution in [2.45, 2.75) is 33.0 Å². The number of rotatable bonds is 7. The third kappa shape index (κ3) is 5.92. The summed E-state index contributed by atoms with van der Waals surface area (Å²) in [6, 6.07) is 5.04. The first-order valence-electron chi connectivity index (χ1n) is 6.58. The molecule has 0 saturated carbocycles. The lowest BCUT2D eigenvalue weighted by atomic mass is 9.77. The van der Waals surface area contributed by atoms with E-state index in [1.165, 1.54) is 0 Å². The van der Waals surface area contributed by atoms with E-state index in [-0.39, 0.29) is 12.2 Å². The predicted molar refractivity (Wildman–Crippen MR) is 78.2 cm³/mol. The maximum Gasteiger partial charge on any atom is 0.488 e. The molecule has 0 aromatic heterocycles. The number of hydrogen-bond acceptors (Lipinski definition) is 5. The normalized spacial score (nSPS) is 11.5. The van der Waals surface area contributed by atoms with Gasteiger partial charge in [0.15, 0.2) is 0 Å². The molecule has 20 heavy (non-hydrogen) atoms. The molecule has 1 aromatic rings. The molecule has 0 radical (unpaired) electrons. The maximum atomic E-state index is 9.31. The highest BCUT2D eigenvalue weighted by atomic mass is 16.5. The van der Waals surface area contributed by atoms with Crippen molar-refractivity contribution in [3.05, 3.63) is 23.8 Å². The zero-order chi connectivity index (χ0) is 15.2. The van der Waals surface area contributed by atoms with Crippen molar-refractivity contribution in [3.8, 4) is 5.75 Å². The van der Waals surface area contributed by atoms with Crippen LogP contribution in [0.1, 0.15) is 26.3 Å². The smallest absolute Gasteiger partial charge is 0.488 e. The molecular formula is C14H23BO5. The molecule has 0 fully saturated rings. The van der Waals surface area contributed by atoms with E-state index in [2.05, 4.69) is 0 Å². The summed E-state index contributed by atoms with van der Waals surface area (Å²) in [5.41, 5.74) is 0.920. The van der Waals surface area contributed by atoms with Gasteiger partial charge in [0.2, 0.25) is 0 Å². The summed E-state index contributed by atoms with van der Waals surface area (Å²) in [6.07, 6.45) is 0. The van der Waals surface area contributed by atoms with Crippen molar-refractivity contribution in [1.29, 1.82) is 0 Å². The maximum absolute atomic E-state index is 9.31. The van der Waals surface area contributed by atoms with Crippen LogP contribution in [0.2, 0.25) is 0 Å². The number of benzene rings is 1. The van der Waals surface area contributed by atoms with Crippen LogP contribution >= 0.6 is 0 Å². The van der Waals surface area contributed by atoms with Crippen LogP contribution in [0.3, 0.4) is 0 Å². The van der Waals surface area contributed by atoms with Crippen molar-refractivity contribution in [2.75, 3.05) is 20.3 Å². The first-order valence-corrected chi connectivity index (χ1v) is 6.58. The van der Waals surface area contributed by atoms with Crippen molar-refractivity contribution >= 4 is 12.6 Å². The van der Waals surface area contributed by atoms with Gasteiger partial charge in [0, 0.05) is 0 Å². The standard InChI is InChI=1S/C14H23BO5/c1-14(2,3)20-8-7-19-10-11-9-12(18-4)5-6-13(11)15(16)17/h5-6,9,16-17H,7-8,10H2,1-4H3. The van der Waals surface area contributed by atoms with E-state index in [1.54, 1.807) is 25.3 Å². The summed E-state index contributed by atoms with van der Waals surface area (Å²) >= 11 is 0. The van der Waals surface area contributed by atoms with Gasteiger partial charge in [-0.1, -0.05) is 6.07 Å². The Hall–Kier alpha value is -1.08. The van der Waals surface area contributed by atoms with Gasteiger partial charge in [-0.05, 0) is 43.9 Å². The Balaban J connectivity index is 2.53. The molecule has 0 aliphatic carbocycles. The average molecular weight is 282 g/mol. The van der Waals surface area contributed by atoms with Gasteiger partial charge in [-0.15, -0.1) is 0 Å². The van der Waals surface area contributed by atoms with E-state index in [9.17, 15) is 10.0 Å². The Labute approximate surface area is 120 Å². The lowest BCUT2D eigenvalue weighted by Gasteiger charge is -2.19. The van der Waals surface area contributed by atoms with Crippen molar-refractivity contribution in [3.63, 3.8) is 0 Å². The van der Waals surface area contributed by atoms with Crippen LogP contribution in [-0.2, 0) is 16.1 Å². The third-order valence-corrected chi connectivity index (χ3v) is 2.65. The van der Waals surface area contributed by atoms with Crippen LogP contribution in [0.15, 0.2) is 18.2 Å². The average Bonchev–Trinajstić information content (AvgIpc) is 2.36. The van der Waals surface area contributed by atoms with Crippen LogP contribution in [0.25, 0.3) is 0 Å². The SMILES string of the molecule is COc1ccc(B(O)O)c(COCCOC(C)(C)C)c1. The second-order valence-electron chi connectivity index (χ2n) is 5.45. The van der Waals surface area contributed by atoms with Crippen molar-refractivity contribution in [2.24, 2.45) is 0 Å². The quantitative estimate of drug-likeness (QED) is 0.569. The van der Waals surface area contributed by atoms with Gasteiger partial charge in [0.05, 0.1) is 32.5 Å². The second-order valence-corrected chi connectivity index (χ2v) is 5.45. The number of ether oxygens (including phenoxy) is 3. The molecule has 112 valence electrons. The molecule has 1 rings (SSSR count). The fourth-order valence-electron chi connectivity index (χ4n) is 1.67. The molecule has 0 bridgehead atoms. The lowest BCUT2D eigenvalue weighted by Crippen LogP contribution is -2.33. The first kappa shape index (κ1) is 17.0. The zero-order valence-corrected chi connectivity index (χ0v) is 12.5. The Bertz CT molecular complexity index is 415. The van der Waals surface area contributed by atoms with Gasteiger partial charge in [-0.3, -0.25) is 0 Å². The Morgan fingerprint density at radius 3 is 2.40 bits per heavy atom. The first-order chi connectivity index (χ1) is 9.33.